The second-order valence-electron chi connectivity index (χ2n) is 6.64. The summed E-state index contributed by atoms with van der Waals surface area (Å²) in [4.78, 5) is 2.43. The molecule has 2 aromatic rings. The van der Waals surface area contributed by atoms with Crippen LogP contribution in [-0.4, -0.2) is 24.0 Å². The molecule has 25 heavy (non-hydrogen) atoms. The van der Waals surface area contributed by atoms with Crippen LogP contribution in [0.4, 0.5) is 13.2 Å². The van der Waals surface area contributed by atoms with E-state index in [2.05, 4.69) is 34.5 Å². The highest BCUT2D eigenvalue weighted by Crippen LogP contribution is 2.29. The molecule has 1 aliphatic heterocycles. The van der Waals surface area contributed by atoms with Crippen molar-refractivity contribution in [2.24, 2.45) is 0 Å². The molecule has 1 aliphatic rings. The fourth-order valence-corrected chi connectivity index (χ4v) is 3.28. The number of benzene rings is 2. The van der Waals surface area contributed by atoms with Crippen molar-refractivity contribution in [3.8, 4) is 0 Å². The largest absolute Gasteiger partial charge is 0.416 e. The van der Waals surface area contributed by atoms with Crippen LogP contribution in [0.5, 0.6) is 0 Å². The van der Waals surface area contributed by atoms with Gasteiger partial charge in [-0.25, -0.2) is 0 Å². The molecule has 1 unspecified atom stereocenters. The van der Waals surface area contributed by atoms with Gasteiger partial charge >= 0.3 is 6.18 Å². The summed E-state index contributed by atoms with van der Waals surface area (Å²) in [6.45, 7) is 3.60. The van der Waals surface area contributed by atoms with Gasteiger partial charge in [-0.2, -0.15) is 13.2 Å². The molecule has 2 nitrogen and oxygen atoms in total. The zero-order valence-electron chi connectivity index (χ0n) is 14.1. The molecule has 0 aliphatic carbocycles. The van der Waals surface area contributed by atoms with E-state index in [0.29, 0.717) is 12.6 Å². The SMILES string of the molecule is FC(F)(F)c1ccc(CNC2CCCN(Cc3ccccc3)C2)cc1. The minimum atomic E-state index is -4.27. The molecule has 1 saturated heterocycles. The number of hydrogen-bond acceptors (Lipinski definition) is 2. The lowest BCUT2D eigenvalue weighted by atomic mass is 10.0. The predicted molar refractivity (Wildman–Crippen MR) is 93.0 cm³/mol. The Kier molecular flexibility index (Phi) is 5.76. The van der Waals surface area contributed by atoms with Gasteiger partial charge in [-0.1, -0.05) is 42.5 Å². The molecule has 1 N–H and O–H groups in total. The van der Waals surface area contributed by atoms with Crippen LogP contribution in [0.2, 0.25) is 0 Å². The van der Waals surface area contributed by atoms with E-state index in [4.69, 9.17) is 0 Å². The number of nitrogens with zero attached hydrogens (tertiary/aromatic N) is 1. The zero-order chi connectivity index (χ0) is 17.7. The highest BCUT2D eigenvalue weighted by Gasteiger charge is 2.30. The summed E-state index contributed by atoms with van der Waals surface area (Å²) in [5, 5.41) is 3.49. The topological polar surface area (TPSA) is 15.3 Å². The van der Waals surface area contributed by atoms with E-state index < -0.39 is 11.7 Å². The van der Waals surface area contributed by atoms with Crippen molar-refractivity contribution in [2.45, 2.75) is 38.1 Å². The van der Waals surface area contributed by atoms with Crippen LogP contribution < -0.4 is 5.32 Å². The molecule has 0 amide bonds. The normalized spacial score (nSPS) is 19.1. The van der Waals surface area contributed by atoms with Crippen LogP contribution >= 0.6 is 0 Å². The summed E-state index contributed by atoms with van der Waals surface area (Å²) in [6.07, 6.45) is -2.03. The first kappa shape index (κ1) is 18.0. The van der Waals surface area contributed by atoms with E-state index in [1.165, 1.54) is 5.56 Å². The van der Waals surface area contributed by atoms with Crippen LogP contribution in [0.25, 0.3) is 0 Å². The van der Waals surface area contributed by atoms with Gasteiger partial charge in [0.1, 0.15) is 0 Å². The van der Waals surface area contributed by atoms with Crippen molar-refractivity contribution < 1.29 is 13.2 Å². The van der Waals surface area contributed by atoms with Crippen molar-refractivity contribution in [3.05, 3.63) is 71.3 Å². The van der Waals surface area contributed by atoms with Crippen molar-refractivity contribution >= 4 is 0 Å². The van der Waals surface area contributed by atoms with Crippen molar-refractivity contribution in [3.63, 3.8) is 0 Å². The van der Waals surface area contributed by atoms with Crippen LogP contribution in [0.1, 0.15) is 29.5 Å². The number of halogens is 3. The van der Waals surface area contributed by atoms with Gasteiger partial charge in [0.2, 0.25) is 0 Å². The summed E-state index contributed by atoms with van der Waals surface area (Å²) < 4.78 is 37.8. The van der Waals surface area contributed by atoms with E-state index in [1.807, 2.05) is 6.07 Å². The van der Waals surface area contributed by atoms with Gasteiger partial charge in [0.15, 0.2) is 0 Å². The summed E-state index contributed by atoms with van der Waals surface area (Å²) in [7, 11) is 0. The van der Waals surface area contributed by atoms with Gasteiger partial charge in [0.05, 0.1) is 5.56 Å². The number of rotatable bonds is 5. The summed E-state index contributed by atoms with van der Waals surface area (Å²) in [5.74, 6) is 0. The molecule has 0 spiro atoms. The highest BCUT2D eigenvalue weighted by molar-refractivity contribution is 5.24. The van der Waals surface area contributed by atoms with Gasteiger partial charge in [-0.15, -0.1) is 0 Å². The number of alkyl halides is 3. The lowest BCUT2D eigenvalue weighted by molar-refractivity contribution is -0.137. The van der Waals surface area contributed by atoms with Gasteiger partial charge in [0, 0.05) is 25.7 Å². The lowest BCUT2D eigenvalue weighted by Gasteiger charge is -2.33. The highest BCUT2D eigenvalue weighted by atomic mass is 19.4. The zero-order valence-corrected chi connectivity index (χ0v) is 14.1. The molecule has 0 radical (unpaired) electrons. The summed E-state index contributed by atoms with van der Waals surface area (Å²) in [6, 6.07) is 16.2. The molecule has 3 rings (SSSR count). The predicted octanol–water partition coefficient (Wildman–Crippen LogP) is 4.46. The standard InChI is InChI=1S/C20H23F3N2/c21-20(22,23)18-10-8-16(9-11-18)13-24-19-7-4-12-25(15-19)14-17-5-2-1-3-6-17/h1-3,5-6,8-11,19,24H,4,7,12-15H2. The first-order valence-electron chi connectivity index (χ1n) is 8.66. The van der Waals surface area contributed by atoms with Crippen LogP contribution in [0.15, 0.2) is 54.6 Å². The average molecular weight is 348 g/mol. The first-order chi connectivity index (χ1) is 12.0. The van der Waals surface area contributed by atoms with E-state index in [9.17, 15) is 13.2 Å². The molecule has 0 bridgehead atoms. The summed E-state index contributed by atoms with van der Waals surface area (Å²) in [5.41, 5.74) is 1.60. The number of piperidine rings is 1. The Hall–Kier alpha value is -1.85. The minimum Gasteiger partial charge on any atom is -0.309 e. The molecule has 2 aromatic carbocycles. The van der Waals surface area contributed by atoms with Gasteiger partial charge in [0.25, 0.3) is 0 Å². The van der Waals surface area contributed by atoms with Crippen LogP contribution in [0.3, 0.4) is 0 Å². The monoisotopic (exact) mass is 348 g/mol. The Labute approximate surface area is 146 Å². The van der Waals surface area contributed by atoms with Crippen LogP contribution in [-0.2, 0) is 19.3 Å². The third kappa shape index (κ3) is 5.31. The maximum Gasteiger partial charge on any atom is 0.416 e. The Morgan fingerprint density at radius 1 is 0.960 bits per heavy atom. The Balaban J connectivity index is 1.49. The molecule has 0 aromatic heterocycles. The van der Waals surface area contributed by atoms with E-state index >= 15 is 0 Å². The molecule has 0 saturated carbocycles. The maximum atomic E-state index is 12.6. The van der Waals surface area contributed by atoms with E-state index in [-0.39, 0.29) is 0 Å². The second-order valence-corrected chi connectivity index (χ2v) is 6.64. The van der Waals surface area contributed by atoms with E-state index in [0.717, 1.165) is 50.2 Å². The molecule has 1 heterocycles. The fourth-order valence-electron chi connectivity index (χ4n) is 3.28. The average Bonchev–Trinajstić information content (AvgIpc) is 2.61. The van der Waals surface area contributed by atoms with Gasteiger partial charge < -0.3 is 5.32 Å². The number of likely N-dealkylation sites (tertiary alicyclic amines) is 1. The quantitative estimate of drug-likeness (QED) is 0.858. The Morgan fingerprint density at radius 3 is 2.36 bits per heavy atom. The van der Waals surface area contributed by atoms with Crippen molar-refractivity contribution in [1.29, 1.82) is 0 Å². The maximum absolute atomic E-state index is 12.6. The molecular weight excluding hydrogens is 325 g/mol. The van der Waals surface area contributed by atoms with Gasteiger partial charge in [-0.3, -0.25) is 4.90 Å². The molecule has 134 valence electrons. The van der Waals surface area contributed by atoms with E-state index in [1.54, 1.807) is 12.1 Å². The van der Waals surface area contributed by atoms with Crippen LogP contribution in [0, 0.1) is 0 Å². The fraction of sp³-hybridized carbons (Fsp3) is 0.400. The molecule has 1 atom stereocenters. The van der Waals surface area contributed by atoms with Crippen molar-refractivity contribution in [2.75, 3.05) is 13.1 Å². The lowest BCUT2D eigenvalue weighted by Crippen LogP contribution is -2.45. The Morgan fingerprint density at radius 2 is 1.68 bits per heavy atom. The third-order valence-electron chi connectivity index (χ3n) is 4.63. The third-order valence-corrected chi connectivity index (χ3v) is 4.63. The smallest absolute Gasteiger partial charge is 0.309 e. The summed E-state index contributed by atoms with van der Waals surface area (Å²) >= 11 is 0. The second kappa shape index (κ2) is 8.02. The van der Waals surface area contributed by atoms with Gasteiger partial charge in [-0.05, 0) is 42.6 Å². The first-order valence-corrected chi connectivity index (χ1v) is 8.66. The van der Waals surface area contributed by atoms with Crippen molar-refractivity contribution in [1.82, 2.24) is 10.2 Å². The molecular formula is C20H23F3N2. The minimum absolute atomic E-state index is 0.375. The Bertz CT molecular complexity index is 653. The molecule has 1 fully saturated rings. The molecule has 5 heteroatoms. The number of nitrogens with one attached hydrogen (secondary N) is 1. The number of hydrogen-bond donors (Lipinski definition) is 1.